The van der Waals surface area contributed by atoms with E-state index in [1.54, 1.807) is 26.3 Å². The highest BCUT2D eigenvalue weighted by atomic mass is 19.1. The summed E-state index contributed by atoms with van der Waals surface area (Å²) in [6.07, 6.45) is 3.94. The van der Waals surface area contributed by atoms with Crippen LogP contribution in [0.1, 0.15) is 30.5 Å². The van der Waals surface area contributed by atoms with Crippen LogP contribution in [0.25, 0.3) is 0 Å². The number of methoxy groups -OCH3 is 1. The Balaban J connectivity index is 1.72. The van der Waals surface area contributed by atoms with Crippen LogP contribution in [0.5, 0.6) is 5.75 Å². The number of rotatable bonds is 9. The van der Waals surface area contributed by atoms with Gasteiger partial charge in [0.05, 0.1) is 12.8 Å². The Morgan fingerprint density at radius 1 is 1.22 bits per heavy atom. The fourth-order valence-corrected chi connectivity index (χ4v) is 3.24. The number of aromatic nitrogens is 2. The monoisotopic (exact) mass is 373 g/mol. The molecule has 0 spiro atoms. The van der Waals surface area contributed by atoms with Crippen molar-refractivity contribution in [2.24, 2.45) is 0 Å². The number of benzene rings is 1. The van der Waals surface area contributed by atoms with Crippen molar-refractivity contribution in [3.63, 3.8) is 0 Å². The molecule has 1 aliphatic heterocycles. The average Bonchev–Trinajstić information content (AvgIpc) is 2.62. The molecule has 7 heteroatoms. The zero-order valence-electron chi connectivity index (χ0n) is 16.3. The molecule has 0 radical (unpaired) electrons. The maximum absolute atomic E-state index is 15.1. The standard InChI is InChI=1S/C20H28FN5O/c1-14-13-18(22-2)25-20(23-14)24-16-8-9-17(27-3)15(19(16)21)7-4-5-10-26-11-6-12-26/h8-9,13H,4-7,10-12H2,1-3H3,(H2,22,23,24,25). The number of nitrogens with zero attached hydrogens (tertiary/aromatic N) is 3. The van der Waals surface area contributed by atoms with Gasteiger partial charge in [-0.2, -0.15) is 4.98 Å². The van der Waals surface area contributed by atoms with Gasteiger partial charge in [-0.1, -0.05) is 0 Å². The molecule has 3 rings (SSSR count). The zero-order valence-corrected chi connectivity index (χ0v) is 16.3. The second-order valence-electron chi connectivity index (χ2n) is 6.85. The quantitative estimate of drug-likeness (QED) is 0.653. The molecule has 1 aliphatic rings. The second-order valence-corrected chi connectivity index (χ2v) is 6.85. The van der Waals surface area contributed by atoms with Gasteiger partial charge in [-0.15, -0.1) is 0 Å². The van der Waals surface area contributed by atoms with Crippen LogP contribution in [0.15, 0.2) is 18.2 Å². The molecule has 1 fully saturated rings. The van der Waals surface area contributed by atoms with Crippen molar-refractivity contribution in [3.8, 4) is 5.75 Å². The number of likely N-dealkylation sites (tertiary alicyclic amines) is 1. The lowest BCUT2D eigenvalue weighted by molar-refractivity contribution is 0.178. The van der Waals surface area contributed by atoms with E-state index in [1.807, 2.05) is 13.0 Å². The number of hydrogen-bond acceptors (Lipinski definition) is 6. The van der Waals surface area contributed by atoms with E-state index < -0.39 is 0 Å². The molecule has 0 unspecified atom stereocenters. The second kappa shape index (κ2) is 8.99. The zero-order chi connectivity index (χ0) is 19.2. The van der Waals surface area contributed by atoms with Crippen molar-refractivity contribution in [3.05, 3.63) is 35.3 Å². The summed E-state index contributed by atoms with van der Waals surface area (Å²) in [5.74, 6) is 1.34. The van der Waals surface area contributed by atoms with Crippen LogP contribution in [0, 0.1) is 12.7 Å². The van der Waals surface area contributed by atoms with Crippen LogP contribution in [-0.4, -0.2) is 48.7 Å². The van der Waals surface area contributed by atoms with E-state index in [0.717, 1.165) is 25.1 Å². The molecule has 27 heavy (non-hydrogen) atoms. The summed E-state index contributed by atoms with van der Waals surface area (Å²) >= 11 is 0. The van der Waals surface area contributed by atoms with E-state index >= 15 is 4.39 Å². The molecular weight excluding hydrogens is 345 g/mol. The first-order valence-corrected chi connectivity index (χ1v) is 9.49. The minimum absolute atomic E-state index is 0.297. The number of anilines is 3. The molecule has 1 saturated heterocycles. The van der Waals surface area contributed by atoms with Gasteiger partial charge in [-0.05, 0) is 64.4 Å². The van der Waals surface area contributed by atoms with Gasteiger partial charge in [0.2, 0.25) is 5.95 Å². The van der Waals surface area contributed by atoms with Crippen molar-refractivity contribution in [2.75, 3.05) is 44.4 Å². The van der Waals surface area contributed by atoms with Crippen LogP contribution in [-0.2, 0) is 6.42 Å². The van der Waals surface area contributed by atoms with Gasteiger partial charge < -0.3 is 20.3 Å². The van der Waals surface area contributed by atoms with E-state index in [2.05, 4.69) is 25.5 Å². The molecule has 6 nitrogen and oxygen atoms in total. The summed E-state index contributed by atoms with van der Waals surface area (Å²) < 4.78 is 20.5. The topological polar surface area (TPSA) is 62.3 Å². The highest BCUT2D eigenvalue weighted by Crippen LogP contribution is 2.30. The Kier molecular flexibility index (Phi) is 6.45. The SMILES string of the molecule is CNc1cc(C)nc(Nc2ccc(OC)c(CCCCN3CCC3)c2F)n1. The summed E-state index contributed by atoms with van der Waals surface area (Å²) in [5.41, 5.74) is 1.77. The molecule has 1 aromatic carbocycles. The first kappa shape index (κ1) is 19.4. The van der Waals surface area contributed by atoms with Gasteiger partial charge in [-0.25, -0.2) is 9.37 Å². The van der Waals surface area contributed by atoms with E-state index in [4.69, 9.17) is 4.74 Å². The number of hydrogen-bond donors (Lipinski definition) is 2. The molecular formula is C20H28FN5O. The van der Waals surface area contributed by atoms with E-state index in [9.17, 15) is 0 Å². The Hall–Kier alpha value is -2.41. The molecule has 1 aromatic heterocycles. The summed E-state index contributed by atoms with van der Waals surface area (Å²) in [4.78, 5) is 11.1. The lowest BCUT2D eigenvalue weighted by atomic mass is 10.0. The van der Waals surface area contributed by atoms with Gasteiger partial charge in [0, 0.05) is 24.4 Å². The Labute approximate surface area is 160 Å². The number of halogens is 1. The smallest absolute Gasteiger partial charge is 0.229 e. The fraction of sp³-hybridized carbons (Fsp3) is 0.500. The maximum Gasteiger partial charge on any atom is 0.229 e. The number of unbranched alkanes of at least 4 members (excludes halogenated alkanes) is 1. The van der Waals surface area contributed by atoms with Gasteiger partial charge in [0.25, 0.3) is 0 Å². The van der Waals surface area contributed by atoms with E-state index in [0.29, 0.717) is 35.2 Å². The third kappa shape index (κ3) is 4.86. The van der Waals surface area contributed by atoms with Crippen LogP contribution < -0.4 is 15.4 Å². The third-order valence-electron chi connectivity index (χ3n) is 4.88. The molecule has 2 N–H and O–H groups in total. The Morgan fingerprint density at radius 3 is 2.70 bits per heavy atom. The Bertz CT molecular complexity index is 779. The third-order valence-corrected chi connectivity index (χ3v) is 4.88. The van der Waals surface area contributed by atoms with Crippen molar-refractivity contribution in [2.45, 2.75) is 32.6 Å². The minimum Gasteiger partial charge on any atom is -0.496 e. The predicted octanol–water partition coefficient (Wildman–Crippen LogP) is 3.75. The van der Waals surface area contributed by atoms with Gasteiger partial charge in [-0.3, -0.25) is 0 Å². The highest BCUT2D eigenvalue weighted by molar-refractivity contribution is 5.60. The van der Waals surface area contributed by atoms with Crippen LogP contribution in [0.3, 0.4) is 0 Å². The lowest BCUT2D eigenvalue weighted by Crippen LogP contribution is -2.37. The fourth-order valence-electron chi connectivity index (χ4n) is 3.24. The van der Waals surface area contributed by atoms with Gasteiger partial charge in [0.1, 0.15) is 11.6 Å². The molecule has 2 heterocycles. The number of nitrogens with one attached hydrogen (secondary N) is 2. The summed E-state index contributed by atoms with van der Waals surface area (Å²) in [7, 11) is 3.37. The van der Waals surface area contributed by atoms with Crippen molar-refractivity contribution < 1.29 is 9.13 Å². The molecule has 0 bridgehead atoms. The molecule has 0 atom stereocenters. The number of aryl methyl sites for hydroxylation is 1. The maximum atomic E-state index is 15.1. The lowest BCUT2D eigenvalue weighted by Gasteiger charge is -2.30. The van der Waals surface area contributed by atoms with E-state index in [1.165, 1.54) is 19.5 Å². The van der Waals surface area contributed by atoms with Gasteiger partial charge >= 0.3 is 0 Å². The first-order valence-electron chi connectivity index (χ1n) is 9.49. The van der Waals surface area contributed by atoms with Crippen LogP contribution >= 0.6 is 0 Å². The van der Waals surface area contributed by atoms with Crippen molar-refractivity contribution >= 4 is 17.5 Å². The number of ether oxygens (including phenoxy) is 1. The van der Waals surface area contributed by atoms with Crippen LogP contribution in [0.4, 0.5) is 21.8 Å². The normalized spacial score (nSPS) is 13.9. The van der Waals surface area contributed by atoms with E-state index in [-0.39, 0.29) is 5.82 Å². The Morgan fingerprint density at radius 2 is 2.04 bits per heavy atom. The van der Waals surface area contributed by atoms with Crippen LogP contribution in [0.2, 0.25) is 0 Å². The molecule has 0 aliphatic carbocycles. The van der Waals surface area contributed by atoms with Gasteiger partial charge in [0.15, 0.2) is 5.82 Å². The highest BCUT2D eigenvalue weighted by Gasteiger charge is 2.16. The van der Waals surface area contributed by atoms with Crippen molar-refractivity contribution in [1.82, 2.24) is 14.9 Å². The largest absolute Gasteiger partial charge is 0.496 e. The molecule has 2 aromatic rings. The minimum atomic E-state index is -0.297. The average molecular weight is 373 g/mol. The molecule has 0 saturated carbocycles. The molecule has 146 valence electrons. The van der Waals surface area contributed by atoms with Crippen molar-refractivity contribution in [1.29, 1.82) is 0 Å². The first-order chi connectivity index (χ1) is 13.1. The summed E-state index contributed by atoms with van der Waals surface area (Å²) in [6.45, 7) is 5.36. The predicted molar refractivity (Wildman–Crippen MR) is 107 cm³/mol. The summed E-state index contributed by atoms with van der Waals surface area (Å²) in [6, 6.07) is 5.30. The summed E-state index contributed by atoms with van der Waals surface area (Å²) in [5, 5.41) is 5.99. The molecule has 0 amide bonds.